The molecule has 0 aromatic heterocycles. The van der Waals surface area contributed by atoms with Crippen LogP contribution in [0.15, 0.2) is 35.2 Å². The van der Waals surface area contributed by atoms with Gasteiger partial charge in [0.05, 0.1) is 14.2 Å². The van der Waals surface area contributed by atoms with Crippen molar-refractivity contribution in [1.29, 1.82) is 0 Å². The third kappa shape index (κ3) is 4.05. The van der Waals surface area contributed by atoms with Crippen LogP contribution in [0.3, 0.4) is 0 Å². The number of sulfonamides is 1. The molecule has 2 aromatic carbocycles. The van der Waals surface area contributed by atoms with E-state index < -0.39 is 20.7 Å². The minimum atomic E-state index is -4.01. The molecule has 0 saturated heterocycles. The maximum atomic E-state index is 14.0. The van der Waals surface area contributed by atoms with Gasteiger partial charge in [0.2, 0.25) is 10.0 Å². The fraction of sp³-hybridized carbons (Fsp3) is 0.294. The summed E-state index contributed by atoms with van der Waals surface area (Å²) in [5.41, 5.74) is 1.55. The average Bonchev–Trinajstić information content (AvgIpc) is 2.55. The van der Waals surface area contributed by atoms with Crippen LogP contribution in [0.5, 0.6) is 11.5 Å². The second-order valence-corrected chi connectivity index (χ2v) is 7.92. The smallest absolute Gasteiger partial charge is 0.246 e. The highest BCUT2D eigenvalue weighted by Crippen LogP contribution is 2.31. The third-order valence-corrected chi connectivity index (χ3v) is 5.89. The fourth-order valence-electron chi connectivity index (χ4n) is 2.37. The predicted octanol–water partition coefficient (Wildman–Crippen LogP) is 3.63. The van der Waals surface area contributed by atoms with Crippen molar-refractivity contribution in [2.24, 2.45) is 0 Å². The molecule has 0 bridgehead atoms. The molecule has 5 nitrogen and oxygen atoms in total. The van der Waals surface area contributed by atoms with Crippen LogP contribution in [0.25, 0.3) is 0 Å². The lowest BCUT2D eigenvalue weighted by Gasteiger charge is -2.20. The van der Waals surface area contributed by atoms with E-state index in [1.807, 2.05) is 6.92 Å². The molecule has 0 N–H and O–H groups in total. The minimum absolute atomic E-state index is 0.0522. The van der Waals surface area contributed by atoms with Gasteiger partial charge in [-0.3, -0.25) is 0 Å². The molecule has 0 fully saturated rings. The van der Waals surface area contributed by atoms with E-state index in [9.17, 15) is 12.8 Å². The molecule has 2 rings (SSSR count). The highest BCUT2D eigenvalue weighted by atomic mass is 35.5. The van der Waals surface area contributed by atoms with E-state index in [1.54, 1.807) is 12.1 Å². The van der Waals surface area contributed by atoms with E-state index in [2.05, 4.69) is 0 Å². The molecule has 8 heteroatoms. The molecule has 0 spiro atoms. The fourth-order valence-corrected chi connectivity index (χ4v) is 3.72. The van der Waals surface area contributed by atoms with Gasteiger partial charge in [0.15, 0.2) is 11.5 Å². The second-order valence-electron chi connectivity index (χ2n) is 5.47. The van der Waals surface area contributed by atoms with Gasteiger partial charge in [-0.2, -0.15) is 4.31 Å². The molecule has 0 heterocycles. The number of benzene rings is 2. The first kappa shape index (κ1) is 19.5. The lowest BCUT2D eigenvalue weighted by molar-refractivity contribution is 0.353. The van der Waals surface area contributed by atoms with Gasteiger partial charge in [-0.1, -0.05) is 11.6 Å². The Kier molecular flexibility index (Phi) is 5.92. The van der Waals surface area contributed by atoms with E-state index in [0.717, 1.165) is 27.6 Å². The Morgan fingerprint density at radius 2 is 1.72 bits per heavy atom. The van der Waals surface area contributed by atoms with Crippen LogP contribution in [0, 0.1) is 12.7 Å². The zero-order chi connectivity index (χ0) is 18.8. The highest BCUT2D eigenvalue weighted by molar-refractivity contribution is 7.89. The summed E-state index contributed by atoms with van der Waals surface area (Å²) in [6.07, 6.45) is 0. The van der Waals surface area contributed by atoms with Crippen LogP contribution in [-0.2, 0) is 16.6 Å². The Morgan fingerprint density at radius 1 is 1.12 bits per heavy atom. The summed E-state index contributed by atoms with van der Waals surface area (Å²) >= 11 is 5.68. The Hall–Kier alpha value is -1.83. The van der Waals surface area contributed by atoms with Crippen molar-refractivity contribution in [3.63, 3.8) is 0 Å². The first-order valence-corrected chi connectivity index (χ1v) is 9.15. The molecule has 0 radical (unpaired) electrons. The van der Waals surface area contributed by atoms with Crippen molar-refractivity contribution in [2.75, 3.05) is 21.3 Å². The number of hydrogen-bond acceptors (Lipinski definition) is 4. The molecular formula is C17H19ClFNO4S. The predicted molar refractivity (Wildman–Crippen MR) is 94.3 cm³/mol. The number of aryl methyl sites for hydroxylation is 1. The Balaban J connectivity index is 2.37. The molecular weight excluding hydrogens is 369 g/mol. The van der Waals surface area contributed by atoms with Crippen LogP contribution >= 0.6 is 11.6 Å². The maximum Gasteiger partial charge on any atom is 0.246 e. The molecule has 0 atom stereocenters. The standard InChI is InChI=1S/C17H19ClFNO4S/c1-11-7-15(23-3)16(24-4)8-12(11)10-20(2)25(21,22)17-6-5-13(18)9-14(17)19/h5-9H,10H2,1-4H3. The van der Waals surface area contributed by atoms with Crippen LogP contribution in [0.2, 0.25) is 5.02 Å². The largest absolute Gasteiger partial charge is 0.493 e. The summed E-state index contributed by atoms with van der Waals surface area (Å²) in [6, 6.07) is 6.94. The monoisotopic (exact) mass is 387 g/mol. The number of methoxy groups -OCH3 is 2. The van der Waals surface area contributed by atoms with Crippen LogP contribution in [-0.4, -0.2) is 34.0 Å². The normalized spacial score (nSPS) is 11.6. The average molecular weight is 388 g/mol. The summed E-state index contributed by atoms with van der Waals surface area (Å²) in [6.45, 7) is 1.89. The number of hydrogen-bond donors (Lipinski definition) is 0. The number of rotatable bonds is 6. The molecule has 25 heavy (non-hydrogen) atoms. The van der Waals surface area contributed by atoms with Gasteiger partial charge in [0, 0.05) is 18.6 Å². The van der Waals surface area contributed by atoms with E-state index in [0.29, 0.717) is 11.5 Å². The van der Waals surface area contributed by atoms with Gasteiger partial charge in [0.1, 0.15) is 10.7 Å². The molecule has 0 aliphatic rings. The molecule has 0 aliphatic heterocycles. The molecule has 2 aromatic rings. The van der Waals surface area contributed by atoms with E-state index in [1.165, 1.54) is 27.3 Å². The van der Waals surface area contributed by atoms with Crippen LogP contribution < -0.4 is 9.47 Å². The SMILES string of the molecule is COc1cc(C)c(CN(C)S(=O)(=O)c2ccc(Cl)cc2F)cc1OC. The van der Waals surface area contributed by atoms with Gasteiger partial charge in [-0.25, -0.2) is 12.8 Å². The lowest BCUT2D eigenvalue weighted by Crippen LogP contribution is -2.27. The number of halogens is 2. The van der Waals surface area contributed by atoms with Gasteiger partial charge < -0.3 is 9.47 Å². The Morgan fingerprint density at radius 3 is 2.28 bits per heavy atom. The van der Waals surface area contributed by atoms with Crippen molar-refractivity contribution in [3.05, 3.63) is 52.3 Å². The topological polar surface area (TPSA) is 55.8 Å². The molecule has 0 amide bonds. The third-order valence-electron chi connectivity index (χ3n) is 3.82. The summed E-state index contributed by atoms with van der Waals surface area (Å²) in [5.74, 6) is 0.160. The van der Waals surface area contributed by atoms with Crippen molar-refractivity contribution >= 4 is 21.6 Å². The second kappa shape index (κ2) is 7.59. The Labute approximate surface area is 152 Å². The van der Waals surface area contributed by atoms with Gasteiger partial charge in [0.25, 0.3) is 0 Å². The zero-order valence-corrected chi connectivity index (χ0v) is 15.9. The van der Waals surface area contributed by atoms with Crippen molar-refractivity contribution in [3.8, 4) is 11.5 Å². The van der Waals surface area contributed by atoms with E-state index in [-0.39, 0.29) is 11.6 Å². The van der Waals surface area contributed by atoms with Crippen LogP contribution in [0.4, 0.5) is 4.39 Å². The van der Waals surface area contributed by atoms with Crippen molar-refractivity contribution in [2.45, 2.75) is 18.4 Å². The summed E-state index contributed by atoms with van der Waals surface area (Å²) < 4.78 is 50.9. The molecule has 0 saturated carbocycles. The van der Waals surface area contributed by atoms with E-state index in [4.69, 9.17) is 21.1 Å². The molecule has 136 valence electrons. The highest BCUT2D eigenvalue weighted by Gasteiger charge is 2.25. The van der Waals surface area contributed by atoms with Crippen molar-refractivity contribution in [1.82, 2.24) is 4.31 Å². The quantitative estimate of drug-likeness (QED) is 0.759. The van der Waals surface area contributed by atoms with E-state index >= 15 is 0 Å². The molecule has 0 aliphatic carbocycles. The maximum absolute atomic E-state index is 14.0. The minimum Gasteiger partial charge on any atom is -0.493 e. The van der Waals surface area contributed by atoms with Gasteiger partial charge in [-0.05, 0) is 48.4 Å². The number of nitrogens with zero attached hydrogens (tertiary/aromatic N) is 1. The molecule has 0 unspecified atom stereocenters. The first-order valence-electron chi connectivity index (χ1n) is 7.33. The van der Waals surface area contributed by atoms with Gasteiger partial charge in [-0.15, -0.1) is 0 Å². The summed E-state index contributed by atoms with van der Waals surface area (Å²) in [4.78, 5) is -0.419. The lowest BCUT2D eigenvalue weighted by atomic mass is 10.1. The number of ether oxygens (including phenoxy) is 2. The summed E-state index contributed by atoms with van der Waals surface area (Å²) in [7, 11) is 0.405. The zero-order valence-electron chi connectivity index (χ0n) is 14.3. The van der Waals surface area contributed by atoms with Crippen LogP contribution in [0.1, 0.15) is 11.1 Å². The summed E-state index contributed by atoms with van der Waals surface area (Å²) in [5, 5.41) is 0.134. The van der Waals surface area contributed by atoms with Gasteiger partial charge >= 0.3 is 0 Å². The Bertz CT molecular complexity index is 886. The first-order chi connectivity index (χ1) is 11.7. The van der Waals surface area contributed by atoms with Crippen molar-refractivity contribution < 1.29 is 22.3 Å².